The first-order valence-corrected chi connectivity index (χ1v) is 7.17. The molecule has 0 bridgehead atoms. The number of methoxy groups -OCH3 is 1. The molecule has 0 atom stereocenters. The molecule has 2 heterocycles. The first kappa shape index (κ1) is 30.2. The zero-order chi connectivity index (χ0) is 19.6. The predicted octanol–water partition coefficient (Wildman–Crippen LogP) is -0.0968. The molecule has 2 N–H and O–H groups in total. The second kappa shape index (κ2) is 15.6. The van der Waals surface area contributed by atoms with Gasteiger partial charge < -0.3 is 20.1 Å². The normalized spacial score (nSPS) is 8.00. The molecule has 0 fully saturated rings. The van der Waals surface area contributed by atoms with Gasteiger partial charge in [-0.25, -0.2) is 9.97 Å². The summed E-state index contributed by atoms with van der Waals surface area (Å²) in [7, 11) is 2.12. The van der Waals surface area contributed by atoms with Gasteiger partial charge in [-0.2, -0.15) is 17.6 Å². The van der Waals surface area contributed by atoms with Gasteiger partial charge in [0.25, 0.3) is 0 Å². The first-order chi connectivity index (χ1) is 11.8. The van der Waals surface area contributed by atoms with Crippen molar-refractivity contribution in [3.63, 3.8) is 0 Å². The van der Waals surface area contributed by atoms with E-state index in [1.807, 2.05) is 0 Å². The summed E-state index contributed by atoms with van der Waals surface area (Å²) in [6, 6.07) is 5.93. The molecule has 2 aromatic heterocycles. The fourth-order valence-electron chi connectivity index (χ4n) is 1.27. The fourth-order valence-corrected chi connectivity index (χ4v) is 1.90. The molecule has 0 unspecified atom stereocenters. The van der Waals surface area contributed by atoms with Crippen molar-refractivity contribution in [2.24, 2.45) is 0 Å². The van der Waals surface area contributed by atoms with Gasteiger partial charge in [0.15, 0.2) is 28.6 Å². The minimum Gasteiger partial charge on any atom is -0.857 e. The number of halogens is 3. The van der Waals surface area contributed by atoms with Crippen molar-refractivity contribution in [2.45, 2.75) is 7.43 Å². The molecule has 0 aliphatic rings. The number of nitriles is 2. The van der Waals surface area contributed by atoms with Gasteiger partial charge in [-0.05, 0) is 6.07 Å². The molecule has 0 aromatic carbocycles. The number of aromatic nitrogens is 2. The van der Waals surface area contributed by atoms with Crippen LogP contribution >= 0.6 is 34.8 Å². The summed E-state index contributed by atoms with van der Waals surface area (Å²) in [4.78, 5) is 7.10. The molecule has 12 heteroatoms. The Hall–Kier alpha value is -1.49. The Bertz CT molecular complexity index is 826. The molecule has 2 aromatic rings. The molecular formula is C15H14Cl3N4NaO4. The summed E-state index contributed by atoms with van der Waals surface area (Å²) in [5.41, 5.74) is -0.304. The molecule has 2 rings (SSSR count). The van der Waals surface area contributed by atoms with E-state index in [1.165, 1.54) is 19.2 Å². The Morgan fingerprint density at radius 1 is 0.963 bits per heavy atom. The molecule has 0 spiro atoms. The zero-order valence-electron chi connectivity index (χ0n) is 13.8. The molecule has 140 valence electrons. The number of hydrogen-bond acceptors (Lipinski definition) is 8. The van der Waals surface area contributed by atoms with Crippen LogP contribution in [0.25, 0.3) is 0 Å². The van der Waals surface area contributed by atoms with E-state index in [0.717, 1.165) is 7.11 Å². The fraction of sp³-hybridized carbons (Fsp3) is 0.200. The first-order valence-electron chi connectivity index (χ1n) is 6.03. The van der Waals surface area contributed by atoms with Crippen molar-refractivity contribution in [1.29, 1.82) is 10.5 Å². The second-order valence-electron chi connectivity index (χ2n) is 3.69. The van der Waals surface area contributed by atoms with E-state index in [1.54, 1.807) is 12.1 Å². The van der Waals surface area contributed by atoms with E-state index in [4.69, 9.17) is 60.3 Å². The Balaban J connectivity index is -0.000000367. The van der Waals surface area contributed by atoms with Crippen LogP contribution in [-0.4, -0.2) is 34.4 Å². The average molecular weight is 444 g/mol. The van der Waals surface area contributed by atoms with Gasteiger partial charge >= 0.3 is 29.6 Å². The van der Waals surface area contributed by atoms with E-state index in [-0.39, 0.29) is 80.9 Å². The standard InChI is InChI=1S/C7H5ClN2O2.C6H2Cl2N2O.CH3O.CH4.Na/c1-12-5-2-6(8)10-4(3-9)7(5)11;7-3-1-5(8)10-4(2-9)6(3)11;1-2;;/h2,11H,1H3;1,11H;1H3;1H4;/q;;-1;;+1. The second-order valence-corrected chi connectivity index (χ2v) is 4.87. The van der Waals surface area contributed by atoms with Crippen molar-refractivity contribution in [3.8, 4) is 29.4 Å². The van der Waals surface area contributed by atoms with Crippen LogP contribution in [0.2, 0.25) is 15.3 Å². The average Bonchev–Trinajstić information content (AvgIpc) is 2.61. The van der Waals surface area contributed by atoms with Crippen LogP contribution in [0.3, 0.4) is 0 Å². The van der Waals surface area contributed by atoms with Crippen molar-refractivity contribution in [2.75, 3.05) is 14.2 Å². The maximum absolute atomic E-state index is 9.24. The molecule has 0 radical (unpaired) electrons. The smallest absolute Gasteiger partial charge is 0.857 e. The maximum atomic E-state index is 9.24. The van der Waals surface area contributed by atoms with Crippen LogP contribution in [0.5, 0.6) is 17.2 Å². The van der Waals surface area contributed by atoms with Crippen molar-refractivity contribution >= 4 is 34.8 Å². The molecule has 27 heavy (non-hydrogen) atoms. The van der Waals surface area contributed by atoms with Crippen molar-refractivity contribution in [3.05, 3.63) is 38.8 Å². The summed E-state index contributed by atoms with van der Waals surface area (Å²) in [6.45, 7) is 0. The van der Waals surface area contributed by atoms with Gasteiger partial charge in [0.1, 0.15) is 22.4 Å². The quantitative estimate of drug-likeness (QED) is 0.459. The topological polar surface area (TPSA) is 146 Å². The Labute approximate surface area is 193 Å². The SMILES string of the molecule is C.COc1cc(Cl)nc(C#N)c1O.C[O-].N#Cc1nc(Cl)cc(Cl)c1O.[Na+]. The molecule has 0 saturated carbocycles. The van der Waals surface area contributed by atoms with E-state index in [0.29, 0.717) is 0 Å². The largest absolute Gasteiger partial charge is 1.00 e. The van der Waals surface area contributed by atoms with Crippen LogP contribution < -0.4 is 39.4 Å². The van der Waals surface area contributed by atoms with E-state index in [9.17, 15) is 5.11 Å². The van der Waals surface area contributed by atoms with E-state index >= 15 is 0 Å². The molecular weight excluding hydrogens is 430 g/mol. The third-order valence-electron chi connectivity index (χ3n) is 2.27. The molecule has 0 aliphatic carbocycles. The number of hydrogen-bond donors (Lipinski definition) is 2. The van der Waals surface area contributed by atoms with Crippen molar-refractivity contribution in [1.82, 2.24) is 9.97 Å². The summed E-state index contributed by atoms with van der Waals surface area (Å²) in [5.74, 6) is -0.477. The summed E-state index contributed by atoms with van der Waals surface area (Å²) in [5, 5.41) is 43.6. The molecule has 0 amide bonds. The Morgan fingerprint density at radius 3 is 1.78 bits per heavy atom. The van der Waals surface area contributed by atoms with Gasteiger partial charge in [-0.3, -0.25) is 0 Å². The number of ether oxygens (including phenoxy) is 1. The molecule has 0 aliphatic heterocycles. The molecule has 8 nitrogen and oxygen atoms in total. The maximum Gasteiger partial charge on any atom is 1.00 e. The van der Waals surface area contributed by atoms with Crippen LogP contribution in [0.4, 0.5) is 0 Å². The minimum atomic E-state index is -0.335. The summed E-state index contributed by atoms with van der Waals surface area (Å²) >= 11 is 16.4. The van der Waals surface area contributed by atoms with Gasteiger partial charge in [-0.1, -0.05) is 42.2 Å². The monoisotopic (exact) mass is 442 g/mol. The zero-order valence-corrected chi connectivity index (χ0v) is 18.1. The third kappa shape index (κ3) is 9.32. The van der Waals surface area contributed by atoms with Crippen LogP contribution in [0.1, 0.15) is 18.8 Å². The number of rotatable bonds is 1. The number of pyridine rings is 2. The van der Waals surface area contributed by atoms with E-state index in [2.05, 4.69) is 9.97 Å². The predicted molar refractivity (Wildman–Crippen MR) is 95.5 cm³/mol. The number of nitrogens with zero attached hydrogens (tertiary/aromatic N) is 4. The summed E-state index contributed by atoms with van der Waals surface area (Å²) < 4.78 is 4.74. The van der Waals surface area contributed by atoms with Gasteiger partial charge in [0, 0.05) is 6.07 Å². The molecule has 0 saturated heterocycles. The Morgan fingerprint density at radius 2 is 1.37 bits per heavy atom. The third-order valence-corrected chi connectivity index (χ3v) is 2.95. The number of aromatic hydroxyl groups is 2. The van der Waals surface area contributed by atoms with Gasteiger partial charge in [-0.15, -0.1) is 0 Å². The van der Waals surface area contributed by atoms with Crippen LogP contribution in [-0.2, 0) is 0 Å². The van der Waals surface area contributed by atoms with Crippen LogP contribution in [0.15, 0.2) is 12.1 Å². The Kier molecular flexibility index (Phi) is 17.4. The van der Waals surface area contributed by atoms with Gasteiger partial charge in [0.05, 0.1) is 12.1 Å². The van der Waals surface area contributed by atoms with Crippen LogP contribution in [0, 0.1) is 22.7 Å². The van der Waals surface area contributed by atoms with E-state index < -0.39 is 0 Å². The summed E-state index contributed by atoms with van der Waals surface area (Å²) in [6.07, 6.45) is 0. The van der Waals surface area contributed by atoms with Crippen molar-refractivity contribution < 1.29 is 49.6 Å². The minimum absolute atomic E-state index is 0. The van der Waals surface area contributed by atoms with Gasteiger partial charge in [0.2, 0.25) is 0 Å².